The van der Waals surface area contributed by atoms with Crippen molar-refractivity contribution in [2.24, 2.45) is 0 Å². The highest BCUT2D eigenvalue weighted by atomic mass is 16.2. The molecule has 8 nitrogen and oxygen atoms in total. The molecule has 1 aliphatic carbocycles. The van der Waals surface area contributed by atoms with E-state index in [1.54, 1.807) is 13.2 Å². The van der Waals surface area contributed by atoms with Gasteiger partial charge < -0.3 is 16.0 Å². The first-order valence-corrected chi connectivity index (χ1v) is 6.63. The number of carbonyl (C=O) groups excluding carboxylic acids is 1. The third kappa shape index (κ3) is 2.49. The molecule has 1 aliphatic rings. The number of anilines is 2. The summed E-state index contributed by atoms with van der Waals surface area (Å²) >= 11 is 0. The maximum Gasteiger partial charge on any atom is 0.242 e. The predicted molar refractivity (Wildman–Crippen MR) is 75.5 cm³/mol. The van der Waals surface area contributed by atoms with Crippen LogP contribution in [-0.2, 0) is 4.79 Å². The highest BCUT2D eigenvalue weighted by Crippen LogP contribution is 2.21. The molecule has 20 heavy (non-hydrogen) atoms. The van der Waals surface area contributed by atoms with E-state index >= 15 is 0 Å². The maximum absolute atomic E-state index is 12.0. The zero-order valence-corrected chi connectivity index (χ0v) is 11.4. The first-order valence-electron chi connectivity index (χ1n) is 6.63. The molecule has 3 rings (SSSR count). The van der Waals surface area contributed by atoms with Crippen molar-refractivity contribution in [1.82, 2.24) is 25.5 Å². The zero-order valence-electron chi connectivity index (χ0n) is 11.4. The molecule has 0 aliphatic heterocycles. The number of nitrogens with zero attached hydrogens (tertiary/aromatic N) is 3. The summed E-state index contributed by atoms with van der Waals surface area (Å²) in [6.07, 6.45) is 3.78. The van der Waals surface area contributed by atoms with E-state index in [0.29, 0.717) is 23.5 Å². The standard InChI is InChI=1S/C12H17N7O/c1-6(11(20)16-7-3-4-7)15-9-8-5-14-19-10(8)18-12(13-2)17-9/h5-7H,3-4H2,1-2H3,(H,16,20)(H3,13,14,15,17,18,19). The fraction of sp³-hybridized carbons (Fsp3) is 0.500. The van der Waals surface area contributed by atoms with Crippen molar-refractivity contribution in [2.45, 2.75) is 31.8 Å². The second-order valence-electron chi connectivity index (χ2n) is 4.93. The van der Waals surface area contributed by atoms with Crippen molar-refractivity contribution >= 4 is 28.7 Å². The lowest BCUT2D eigenvalue weighted by Crippen LogP contribution is -2.38. The first-order chi connectivity index (χ1) is 9.67. The topological polar surface area (TPSA) is 108 Å². The lowest BCUT2D eigenvalue weighted by atomic mass is 10.3. The van der Waals surface area contributed by atoms with E-state index in [-0.39, 0.29) is 11.9 Å². The van der Waals surface area contributed by atoms with Gasteiger partial charge in [0.15, 0.2) is 5.65 Å². The van der Waals surface area contributed by atoms with E-state index in [1.807, 2.05) is 6.92 Å². The normalized spacial score (nSPS) is 15.9. The van der Waals surface area contributed by atoms with Crippen LogP contribution in [0.3, 0.4) is 0 Å². The Morgan fingerprint density at radius 1 is 1.45 bits per heavy atom. The average molecular weight is 275 g/mol. The molecule has 1 unspecified atom stereocenters. The van der Waals surface area contributed by atoms with Crippen molar-refractivity contribution in [1.29, 1.82) is 0 Å². The minimum absolute atomic E-state index is 0.0197. The van der Waals surface area contributed by atoms with Gasteiger partial charge in [0, 0.05) is 13.1 Å². The van der Waals surface area contributed by atoms with Crippen LogP contribution in [0, 0.1) is 0 Å². The van der Waals surface area contributed by atoms with Crippen LogP contribution in [0.25, 0.3) is 11.0 Å². The Labute approximate surface area is 115 Å². The Morgan fingerprint density at radius 2 is 2.25 bits per heavy atom. The number of hydrogen-bond donors (Lipinski definition) is 4. The summed E-state index contributed by atoms with van der Waals surface area (Å²) < 4.78 is 0. The molecule has 0 spiro atoms. The largest absolute Gasteiger partial charge is 0.358 e. The fourth-order valence-corrected chi connectivity index (χ4v) is 1.88. The summed E-state index contributed by atoms with van der Waals surface area (Å²) in [5, 5.41) is 16.5. The molecule has 1 amide bonds. The number of rotatable bonds is 5. The minimum Gasteiger partial charge on any atom is -0.358 e. The maximum atomic E-state index is 12.0. The van der Waals surface area contributed by atoms with Crippen LogP contribution < -0.4 is 16.0 Å². The molecule has 0 radical (unpaired) electrons. The predicted octanol–water partition coefficient (Wildman–Crippen LogP) is 0.474. The van der Waals surface area contributed by atoms with Crippen molar-refractivity contribution in [2.75, 3.05) is 17.7 Å². The van der Waals surface area contributed by atoms with Gasteiger partial charge in [0.2, 0.25) is 11.9 Å². The molecule has 2 aromatic rings. The van der Waals surface area contributed by atoms with E-state index in [2.05, 4.69) is 36.1 Å². The Balaban J connectivity index is 1.81. The molecule has 2 heterocycles. The number of amides is 1. The number of aromatic amines is 1. The summed E-state index contributed by atoms with van der Waals surface area (Å²) in [5.74, 6) is 1.04. The Kier molecular flexibility index (Phi) is 3.13. The van der Waals surface area contributed by atoms with Gasteiger partial charge in [0.25, 0.3) is 0 Å². The van der Waals surface area contributed by atoms with Gasteiger partial charge in [-0.1, -0.05) is 0 Å². The van der Waals surface area contributed by atoms with Gasteiger partial charge in [-0.15, -0.1) is 0 Å². The van der Waals surface area contributed by atoms with Gasteiger partial charge >= 0.3 is 0 Å². The third-order valence-electron chi connectivity index (χ3n) is 3.20. The summed E-state index contributed by atoms with van der Waals surface area (Å²) in [5.41, 5.74) is 0.627. The van der Waals surface area contributed by atoms with E-state index in [9.17, 15) is 4.79 Å². The smallest absolute Gasteiger partial charge is 0.242 e. The third-order valence-corrected chi connectivity index (χ3v) is 3.20. The van der Waals surface area contributed by atoms with Gasteiger partial charge in [-0.05, 0) is 19.8 Å². The summed E-state index contributed by atoms with van der Waals surface area (Å²) in [6, 6.07) is -0.0210. The number of hydrogen-bond acceptors (Lipinski definition) is 6. The quantitative estimate of drug-likeness (QED) is 0.632. The van der Waals surface area contributed by atoms with E-state index in [0.717, 1.165) is 18.2 Å². The molecule has 0 aromatic carbocycles. The van der Waals surface area contributed by atoms with Gasteiger partial charge in [0.05, 0.1) is 11.6 Å². The molecule has 0 bridgehead atoms. The lowest BCUT2D eigenvalue weighted by Gasteiger charge is -2.15. The average Bonchev–Trinajstić information content (AvgIpc) is 3.12. The number of nitrogens with one attached hydrogen (secondary N) is 4. The number of carbonyl (C=O) groups is 1. The molecule has 2 aromatic heterocycles. The zero-order chi connectivity index (χ0) is 14.1. The van der Waals surface area contributed by atoms with E-state index < -0.39 is 0 Å². The van der Waals surface area contributed by atoms with Gasteiger partial charge in [0.1, 0.15) is 11.9 Å². The van der Waals surface area contributed by atoms with Crippen LogP contribution in [0.5, 0.6) is 0 Å². The number of aromatic nitrogens is 4. The molecule has 1 saturated carbocycles. The van der Waals surface area contributed by atoms with Crippen LogP contribution in [0.1, 0.15) is 19.8 Å². The van der Waals surface area contributed by atoms with Crippen molar-refractivity contribution in [3.8, 4) is 0 Å². The van der Waals surface area contributed by atoms with Crippen molar-refractivity contribution < 1.29 is 4.79 Å². The van der Waals surface area contributed by atoms with E-state index in [1.165, 1.54) is 0 Å². The van der Waals surface area contributed by atoms with Crippen LogP contribution >= 0.6 is 0 Å². The number of H-pyrrole nitrogens is 1. The van der Waals surface area contributed by atoms with Crippen LogP contribution in [-0.4, -0.2) is 45.2 Å². The van der Waals surface area contributed by atoms with Crippen LogP contribution in [0.15, 0.2) is 6.20 Å². The molecule has 4 N–H and O–H groups in total. The molecule has 106 valence electrons. The van der Waals surface area contributed by atoms with Crippen LogP contribution in [0.2, 0.25) is 0 Å². The van der Waals surface area contributed by atoms with E-state index in [4.69, 9.17) is 0 Å². The first kappa shape index (κ1) is 12.6. The summed E-state index contributed by atoms with van der Waals surface area (Å²) in [4.78, 5) is 20.6. The van der Waals surface area contributed by atoms with Crippen molar-refractivity contribution in [3.63, 3.8) is 0 Å². The Bertz CT molecular complexity index is 634. The summed E-state index contributed by atoms with van der Waals surface area (Å²) in [6.45, 7) is 1.81. The molecule has 1 atom stereocenters. The van der Waals surface area contributed by atoms with Gasteiger partial charge in [-0.25, -0.2) is 0 Å². The lowest BCUT2D eigenvalue weighted by molar-refractivity contribution is -0.121. The molecule has 0 saturated heterocycles. The van der Waals surface area contributed by atoms with Gasteiger partial charge in [-0.3, -0.25) is 9.89 Å². The highest BCUT2D eigenvalue weighted by Gasteiger charge is 2.26. The molecule has 8 heteroatoms. The second kappa shape index (κ2) is 4.95. The monoisotopic (exact) mass is 275 g/mol. The Hall–Kier alpha value is -2.38. The molecular formula is C12H17N7O. The summed E-state index contributed by atoms with van der Waals surface area (Å²) in [7, 11) is 1.74. The molecule has 1 fully saturated rings. The fourth-order valence-electron chi connectivity index (χ4n) is 1.88. The van der Waals surface area contributed by atoms with Crippen molar-refractivity contribution in [3.05, 3.63) is 6.20 Å². The highest BCUT2D eigenvalue weighted by molar-refractivity contribution is 5.91. The van der Waals surface area contributed by atoms with Crippen LogP contribution in [0.4, 0.5) is 11.8 Å². The SMILES string of the molecule is CNc1nc(NC(C)C(=O)NC2CC2)c2cn[nH]c2n1. The molecular weight excluding hydrogens is 258 g/mol. The van der Waals surface area contributed by atoms with Gasteiger partial charge in [-0.2, -0.15) is 15.1 Å². The minimum atomic E-state index is -0.367. The Morgan fingerprint density at radius 3 is 2.95 bits per heavy atom. The second-order valence-corrected chi connectivity index (χ2v) is 4.93. The number of fused-ring (bicyclic) bond motifs is 1.